The Morgan fingerprint density at radius 1 is 1.10 bits per heavy atom. The normalized spacial score (nSPS) is 14.8. The minimum absolute atomic E-state index is 0.0515. The summed E-state index contributed by atoms with van der Waals surface area (Å²) in [5.41, 5.74) is 2.55. The van der Waals surface area contributed by atoms with Gasteiger partial charge in [-0.2, -0.15) is 5.10 Å². The van der Waals surface area contributed by atoms with Crippen LogP contribution in [0.1, 0.15) is 16.1 Å². The molecule has 4 rings (SSSR count). The monoisotopic (exact) mass is 391 g/mol. The molecule has 29 heavy (non-hydrogen) atoms. The van der Waals surface area contributed by atoms with E-state index in [0.29, 0.717) is 18.1 Å². The molecule has 1 aliphatic heterocycles. The van der Waals surface area contributed by atoms with Crippen LogP contribution in [0.5, 0.6) is 0 Å². The summed E-state index contributed by atoms with van der Waals surface area (Å²) in [4.78, 5) is 27.7. The fourth-order valence-corrected chi connectivity index (χ4v) is 3.34. The molecule has 0 N–H and O–H groups in total. The van der Waals surface area contributed by atoms with Crippen LogP contribution in [0.4, 0.5) is 5.82 Å². The molecule has 1 aromatic carbocycles. The lowest BCUT2D eigenvalue weighted by Gasteiger charge is -2.32. The van der Waals surface area contributed by atoms with Crippen LogP contribution in [0.3, 0.4) is 0 Å². The molecule has 8 heteroatoms. The highest BCUT2D eigenvalue weighted by molar-refractivity contribution is 5.92. The predicted octanol–water partition coefficient (Wildman–Crippen LogP) is 1.69. The van der Waals surface area contributed by atoms with Crippen molar-refractivity contribution in [2.24, 2.45) is 0 Å². The van der Waals surface area contributed by atoms with Crippen molar-refractivity contribution in [1.82, 2.24) is 29.5 Å². The van der Waals surface area contributed by atoms with Crippen LogP contribution in [0.2, 0.25) is 0 Å². The number of carbonyl (C=O) groups excluding carboxylic acids is 1. The van der Waals surface area contributed by atoms with Crippen molar-refractivity contribution in [3.63, 3.8) is 0 Å². The zero-order valence-corrected chi connectivity index (χ0v) is 16.8. The first-order valence-electron chi connectivity index (χ1n) is 9.70. The van der Waals surface area contributed by atoms with E-state index >= 15 is 0 Å². The van der Waals surface area contributed by atoms with E-state index in [1.165, 1.54) is 0 Å². The summed E-state index contributed by atoms with van der Waals surface area (Å²) < 4.78 is 1.83. The average Bonchev–Trinajstić information content (AvgIpc) is 3.29. The summed E-state index contributed by atoms with van der Waals surface area (Å²) >= 11 is 0. The predicted molar refractivity (Wildman–Crippen MR) is 111 cm³/mol. The Morgan fingerprint density at radius 3 is 2.55 bits per heavy atom. The third-order valence-electron chi connectivity index (χ3n) is 5.15. The van der Waals surface area contributed by atoms with E-state index in [-0.39, 0.29) is 5.91 Å². The molecule has 1 aliphatic rings. The van der Waals surface area contributed by atoms with Gasteiger partial charge in [-0.1, -0.05) is 12.1 Å². The largest absolute Gasteiger partial charge is 0.354 e. The molecule has 2 aromatic heterocycles. The highest BCUT2D eigenvalue weighted by Crippen LogP contribution is 2.15. The maximum atomic E-state index is 12.8. The lowest BCUT2D eigenvalue weighted by Crippen LogP contribution is -2.47. The summed E-state index contributed by atoms with van der Waals surface area (Å²) in [5.74, 6) is 0.630. The Kier molecular flexibility index (Phi) is 5.53. The molecule has 0 radical (unpaired) electrons. The lowest BCUT2D eigenvalue weighted by atomic mass is 10.2. The number of nitrogens with zero attached hydrogens (tertiary/aromatic N) is 7. The number of aromatic nitrogens is 4. The van der Waals surface area contributed by atoms with Crippen molar-refractivity contribution in [3.05, 3.63) is 66.4 Å². The molecule has 0 atom stereocenters. The van der Waals surface area contributed by atoms with Crippen molar-refractivity contribution >= 4 is 11.7 Å². The molecular formula is C21H25N7O. The topological polar surface area (TPSA) is 70.4 Å². The quantitative estimate of drug-likeness (QED) is 0.659. The van der Waals surface area contributed by atoms with Gasteiger partial charge in [-0.3, -0.25) is 9.78 Å². The molecular weight excluding hydrogens is 366 g/mol. The summed E-state index contributed by atoms with van der Waals surface area (Å²) in [6, 6.07) is 10.1. The number of piperazine rings is 1. The van der Waals surface area contributed by atoms with Gasteiger partial charge in [-0.15, -0.1) is 0 Å². The fourth-order valence-electron chi connectivity index (χ4n) is 3.34. The second-order valence-corrected chi connectivity index (χ2v) is 7.33. The Balaban J connectivity index is 1.43. The van der Waals surface area contributed by atoms with Crippen LogP contribution in [-0.4, -0.2) is 75.7 Å². The van der Waals surface area contributed by atoms with Crippen LogP contribution < -0.4 is 4.90 Å². The molecule has 0 aliphatic carbocycles. The maximum absolute atomic E-state index is 12.8. The van der Waals surface area contributed by atoms with Crippen molar-refractivity contribution in [2.75, 3.05) is 45.2 Å². The Hall–Kier alpha value is -3.26. The third kappa shape index (κ3) is 4.43. The van der Waals surface area contributed by atoms with E-state index in [4.69, 9.17) is 0 Å². The number of likely N-dealkylation sites (N-methyl/N-ethyl adjacent to an activating group) is 1. The van der Waals surface area contributed by atoms with E-state index in [9.17, 15) is 4.79 Å². The van der Waals surface area contributed by atoms with Gasteiger partial charge in [-0.05, 0) is 30.8 Å². The number of carbonyl (C=O) groups is 1. The minimum atomic E-state index is -0.0515. The van der Waals surface area contributed by atoms with Gasteiger partial charge in [0.2, 0.25) is 0 Å². The van der Waals surface area contributed by atoms with E-state index in [2.05, 4.69) is 39.1 Å². The minimum Gasteiger partial charge on any atom is -0.354 e. The second kappa shape index (κ2) is 8.40. The van der Waals surface area contributed by atoms with Crippen LogP contribution in [0.25, 0.3) is 5.69 Å². The van der Waals surface area contributed by atoms with Gasteiger partial charge in [0.1, 0.15) is 11.5 Å². The molecule has 0 saturated carbocycles. The number of hydrogen-bond acceptors (Lipinski definition) is 6. The van der Waals surface area contributed by atoms with Crippen molar-refractivity contribution < 1.29 is 4.79 Å². The molecule has 3 aromatic rings. The number of hydrogen-bond donors (Lipinski definition) is 0. The highest BCUT2D eigenvalue weighted by atomic mass is 16.2. The molecule has 1 fully saturated rings. The molecule has 0 bridgehead atoms. The standard InChI is InChI=1S/C21H25N7O/c1-25-10-12-27(13-11-25)21(29)19-14-22-15-20(24-19)26(2)16-17-4-6-18(7-5-17)28-9-3-8-23-28/h3-9,14-15H,10-13,16H2,1-2H3. The van der Waals surface area contributed by atoms with E-state index in [0.717, 1.165) is 37.4 Å². The summed E-state index contributed by atoms with van der Waals surface area (Å²) in [5, 5.41) is 4.24. The second-order valence-electron chi connectivity index (χ2n) is 7.33. The van der Waals surface area contributed by atoms with Gasteiger partial charge in [0.25, 0.3) is 5.91 Å². The van der Waals surface area contributed by atoms with Crippen LogP contribution in [0, 0.1) is 0 Å². The van der Waals surface area contributed by atoms with Crippen molar-refractivity contribution in [1.29, 1.82) is 0 Å². The van der Waals surface area contributed by atoms with Crippen molar-refractivity contribution in [2.45, 2.75) is 6.54 Å². The number of anilines is 1. The van der Waals surface area contributed by atoms with Gasteiger partial charge < -0.3 is 14.7 Å². The molecule has 0 unspecified atom stereocenters. The first-order chi connectivity index (χ1) is 14.1. The van der Waals surface area contributed by atoms with E-state index < -0.39 is 0 Å². The van der Waals surface area contributed by atoms with Gasteiger partial charge >= 0.3 is 0 Å². The SMILES string of the molecule is CN1CCN(C(=O)c2cncc(N(C)Cc3ccc(-n4cccn4)cc3)n2)CC1. The number of rotatable bonds is 5. The molecule has 150 valence electrons. The lowest BCUT2D eigenvalue weighted by molar-refractivity contribution is 0.0658. The highest BCUT2D eigenvalue weighted by Gasteiger charge is 2.22. The first kappa shape index (κ1) is 19.1. The smallest absolute Gasteiger partial charge is 0.274 e. The zero-order chi connectivity index (χ0) is 20.2. The Bertz CT molecular complexity index is 947. The van der Waals surface area contributed by atoms with Crippen molar-refractivity contribution in [3.8, 4) is 5.69 Å². The Morgan fingerprint density at radius 2 is 1.86 bits per heavy atom. The fraction of sp³-hybridized carbons (Fsp3) is 0.333. The number of amides is 1. The van der Waals surface area contributed by atoms with Crippen LogP contribution in [0.15, 0.2) is 55.1 Å². The summed E-state index contributed by atoms with van der Waals surface area (Å²) in [6.07, 6.45) is 6.92. The van der Waals surface area contributed by atoms with Crippen LogP contribution >= 0.6 is 0 Å². The van der Waals surface area contributed by atoms with Gasteiger partial charge in [0, 0.05) is 52.2 Å². The zero-order valence-electron chi connectivity index (χ0n) is 16.8. The average molecular weight is 391 g/mol. The third-order valence-corrected chi connectivity index (χ3v) is 5.15. The summed E-state index contributed by atoms with van der Waals surface area (Å²) in [6.45, 7) is 3.88. The van der Waals surface area contributed by atoms with E-state index in [1.54, 1.807) is 18.6 Å². The van der Waals surface area contributed by atoms with E-state index in [1.807, 2.05) is 45.9 Å². The van der Waals surface area contributed by atoms with Gasteiger partial charge in [0.05, 0.1) is 18.1 Å². The molecule has 3 heterocycles. The molecule has 0 spiro atoms. The van der Waals surface area contributed by atoms with Gasteiger partial charge in [0.15, 0.2) is 0 Å². The molecule has 1 saturated heterocycles. The van der Waals surface area contributed by atoms with Gasteiger partial charge in [-0.25, -0.2) is 9.67 Å². The molecule has 1 amide bonds. The van der Waals surface area contributed by atoms with Crippen LogP contribution in [-0.2, 0) is 6.54 Å². The molecule has 8 nitrogen and oxygen atoms in total. The number of benzene rings is 1. The summed E-state index contributed by atoms with van der Waals surface area (Å²) in [7, 11) is 4.02. The first-order valence-corrected chi connectivity index (χ1v) is 9.70. The maximum Gasteiger partial charge on any atom is 0.274 e. The Labute approximate surface area is 170 Å².